The van der Waals surface area contributed by atoms with E-state index in [4.69, 9.17) is 10.5 Å². The lowest BCUT2D eigenvalue weighted by atomic mass is 9.82. The summed E-state index contributed by atoms with van der Waals surface area (Å²) in [5, 5.41) is 3.37. The first kappa shape index (κ1) is 13.5. The second-order valence-corrected chi connectivity index (χ2v) is 4.86. The van der Waals surface area contributed by atoms with Gasteiger partial charge in [-0.3, -0.25) is 4.79 Å². The molecule has 0 radical (unpaired) electrons. The Balaban J connectivity index is 1.92. The third-order valence-electron chi connectivity index (χ3n) is 3.15. The number of carbonyl (C=O) groups is 1. The Labute approximate surface area is 97.9 Å². The average molecular weight is 228 g/mol. The predicted molar refractivity (Wildman–Crippen MR) is 64.0 cm³/mol. The van der Waals surface area contributed by atoms with Crippen LogP contribution in [0.4, 0.5) is 0 Å². The Morgan fingerprint density at radius 2 is 2.31 bits per heavy atom. The number of hydrogen-bond donors (Lipinski definition) is 2. The molecule has 1 rings (SSSR count). The van der Waals surface area contributed by atoms with Crippen molar-refractivity contribution < 1.29 is 9.53 Å². The third kappa shape index (κ3) is 6.08. The molecule has 1 saturated carbocycles. The van der Waals surface area contributed by atoms with Gasteiger partial charge in [-0.05, 0) is 31.2 Å². The molecule has 0 heterocycles. The molecule has 4 nitrogen and oxygen atoms in total. The minimum atomic E-state index is -0.402. The smallest absolute Gasteiger partial charge is 0.243 e. The first-order chi connectivity index (χ1) is 7.68. The van der Waals surface area contributed by atoms with Crippen LogP contribution in [-0.4, -0.2) is 32.2 Å². The maximum absolute atomic E-state index is 10.4. The fourth-order valence-electron chi connectivity index (χ4n) is 2.37. The standard InChI is InChI=1S/C12H24N2O2/c1-10-3-2-4-11(7-10)8-14-5-6-16-9-12(13)15/h10-11,14H,2-9H2,1H3,(H2,13,15). The van der Waals surface area contributed by atoms with Gasteiger partial charge >= 0.3 is 0 Å². The zero-order valence-electron chi connectivity index (χ0n) is 10.2. The van der Waals surface area contributed by atoms with Crippen molar-refractivity contribution in [3.05, 3.63) is 0 Å². The van der Waals surface area contributed by atoms with Gasteiger partial charge in [0, 0.05) is 6.54 Å². The van der Waals surface area contributed by atoms with Gasteiger partial charge < -0.3 is 15.8 Å². The first-order valence-electron chi connectivity index (χ1n) is 6.25. The summed E-state index contributed by atoms with van der Waals surface area (Å²) in [5.74, 6) is 1.30. The normalized spacial score (nSPS) is 25.6. The van der Waals surface area contributed by atoms with Crippen LogP contribution in [0.1, 0.15) is 32.6 Å². The van der Waals surface area contributed by atoms with Gasteiger partial charge in [-0.2, -0.15) is 0 Å². The highest BCUT2D eigenvalue weighted by molar-refractivity contribution is 5.74. The van der Waals surface area contributed by atoms with E-state index in [1.165, 1.54) is 25.7 Å². The topological polar surface area (TPSA) is 64.3 Å². The Morgan fingerprint density at radius 1 is 1.50 bits per heavy atom. The molecule has 2 unspecified atom stereocenters. The summed E-state index contributed by atoms with van der Waals surface area (Å²) in [6, 6.07) is 0. The van der Waals surface area contributed by atoms with Crippen LogP contribution in [0.3, 0.4) is 0 Å². The van der Waals surface area contributed by atoms with Gasteiger partial charge in [-0.25, -0.2) is 0 Å². The molecule has 4 heteroatoms. The molecule has 0 saturated heterocycles. The number of ether oxygens (including phenoxy) is 1. The number of nitrogens with two attached hydrogens (primary N) is 1. The molecule has 16 heavy (non-hydrogen) atoms. The highest BCUT2D eigenvalue weighted by atomic mass is 16.5. The highest BCUT2D eigenvalue weighted by Crippen LogP contribution is 2.27. The molecule has 1 aliphatic carbocycles. The molecular formula is C12H24N2O2. The SMILES string of the molecule is CC1CCCC(CNCCOCC(N)=O)C1. The fourth-order valence-corrected chi connectivity index (χ4v) is 2.37. The van der Waals surface area contributed by atoms with Crippen molar-refractivity contribution in [3.8, 4) is 0 Å². The molecule has 0 aliphatic heterocycles. The summed E-state index contributed by atoms with van der Waals surface area (Å²) < 4.78 is 5.07. The van der Waals surface area contributed by atoms with Crippen LogP contribution < -0.4 is 11.1 Å². The number of primary amides is 1. The van der Waals surface area contributed by atoms with Crippen molar-refractivity contribution in [1.29, 1.82) is 0 Å². The van der Waals surface area contributed by atoms with E-state index in [2.05, 4.69) is 12.2 Å². The van der Waals surface area contributed by atoms with Gasteiger partial charge in [0.1, 0.15) is 6.61 Å². The quantitative estimate of drug-likeness (QED) is 0.636. The number of amides is 1. The summed E-state index contributed by atoms with van der Waals surface area (Å²) in [4.78, 5) is 10.4. The van der Waals surface area contributed by atoms with Crippen LogP contribution >= 0.6 is 0 Å². The lowest BCUT2D eigenvalue weighted by Crippen LogP contribution is -2.30. The average Bonchev–Trinajstić information content (AvgIpc) is 2.23. The molecule has 2 atom stereocenters. The van der Waals surface area contributed by atoms with Crippen LogP contribution in [0.5, 0.6) is 0 Å². The van der Waals surface area contributed by atoms with E-state index in [1.807, 2.05) is 0 Å². The van der Waals surface area contributed by atoms with Crippen molar-refractivity contribution in [3.63, 3.8) is 0 Å². The molecule has 0 aromatic heterocycles. The third-order valence-corrected chi connectivity index (χ3v) is 3.15. The Bertz CT molecular complexity index is 209. The second kappa shape index (κ2) is 7.63. The molecule has 94 valence electrons. The number of carbonyl (C=O) groups excluding carboxylic acids is 1. The Kier molecular flexibility index (Phi) is 6.42. The molecule has 0 spiro atoms. The van der Waals surface area contributed by atoms with Crippen molar-refractivity contribution in [2.75, 3.05) is 26.3 Å². The molecule has 0 aromatic carbocycles. The van der Waals surface area contributed by atoms with E-state index >= 15 is 0 Å². The predicted octanol–water partition coefficient (Wildman–Crippen LogP) is 0.904. The van der Waals surface area contributed by atoms with E-state index in [1.54, 1.807) is 0 Å². The molecular weight excluding hydrogens is 204 g/mol. The van der Waals surface area contributed by atoms with E-state index in [0.29, 0.717) is 6.61 Å². The summed E-state index contributed by atoms with van der Waals surface area (Å²) in [6.45, 7) is 4.80. The molecule has 3 N–H and O–H groups in total. The van der Waals surface area contributed by atoms with Gasteiger partial charge in [0.2, 0.25) is 5.91 Å². The minimum absolute atomic E-state index is 0.0299. The van der Waals surface area contributed by atoms with E-state index < -0.39 is 5.91 Å². The van der Waals surface area contributed by atoms with Gasteiger partial charge in [0.25, 0.3) is 0 Å². The summed E-state index contributed by atoms with van der Waals surface area (Å²) in [5.41, 5.74) is 4.96. The summed E-state index contributed by atoms with van der Waals surface area (Å²) in [7, 11) is 0. The molecule has 0 bridgehead atoms. The van der Waals surface area contributed by atoms with Gasteiger partial charge in [-0.1, -0.05) is 19.8 Å². The maximum atomic E-state index is 10.4. The lowest BCUT2D eigenvalue weighted by Gasteiger charge is -2.26. The number of hydrogen-bond acceptors (Lipinski definition) is 3. The molecule has 1 fully saturated rings. The van der Waals surface area contributed by atoms with Crippen molar-refractivity contribution in [2.45, 2.75) is 32.6 Å². The minimum Gasteiger partial charge on any atom is -0.370 e. The Hall–Kier alpha value is -0.610. The molecule has 1 amide bonds. The largest absolute Gasteiger partial charge is 0.370 e. The summed E-state index contributed by atoms with van der Waals surface area (Å²) in [6.07, 6.45) is 5.44. The zero-order valence-corrected chi connectivity index (χ0v) is 10.2. The second-order valence-electron chi connectivity index (χ2n) is 4.86. The van der Waals surface area contributed by atoms with Crippen LogP contribution in [0.2, 0.25) is 0 Å². The van der Waals surface area contributed by atoms with E-state index in [-0.39, 0.29) is 6.61 Å². The van der Waals surface area contributed by atoms with E-state index in [9.17, 15) is 4.79 Å². The van der Waals surface area contributed by atoms with Crippen LogP contribution in [0.15, 0.2) is 0 Å². The van der Waals surface area contributed by atoms with Crippen molar-refractivity contribution >= 4 is 5.91 Å². The maximum Gasteiger partial charge on any atom is 0.243 e. The van der Waals surface area contributed by atoms with Crippen LogP contribution in [-0.2, 0) is 9.53 Å². The number of rotatable bonds is 7. The molecule has 1 aliphatic rings. The monoisotopic (exact) mass is 228 g/mol. The van der Waals surface area contributed by atoms with Crippen molar-refractivity contribution in [1.82, 2.24) is 5.32 Å². The van der Waals surface area contributed by atoms with Crippen molar-refractivity contribution in [2.24, 2.45) is 17.6 Å². The highest BCUT2D eigenvalue weighted by Gasteiger charge is 2.17. The van der Waals surface area contributed by atoms with E-state index in [0.717, 1.165) is 24.9 Å². The number of nitrogens with one attached hydrogen (secondary N) is 1. The fraction of sp³-hybridized carbons (Fsp3) is 0.917. The van der Waals surface area contributed by atoms with Gasteiger partial charge in [0.15, 0.2) is 0 Å². The first-order valence-corrected chi connectivity index (χ1v) is 6.25. The molecule has 0 aromatic rings. The van der Waals surface area contributed by atoms with Gasteiger partial charge in [0.05, 0.1) is 6.61 Å². The Morgan fingerprint density at radius 3 is 3.00 bits per heavy atom. The summed E-state index contributed by atoms with van der Waals surface area (Å²) >= 11 is 0. The van der Waals surface area contributed by atoms with Crippen LogP contribution in [0, 0.1) is 11.8 Å². The lowest BCUT2D eigenvalue weighted by molar-refractivity contribution is -0.122. The van der Waals surface area contributed by atoms with Crippen LogP contribution in [0.25, 0.3) is 0 Å². The zero-order chi connectivity index (χ0) is 11.8. The van der Waals surface area contributed by atoms with Gasteiger partial charge in [-0.15, -0.1) is 0 Å².